The molecule has 0 unspecified atom stereocenters. The molecular weight excluding hydrogens is 230 g/mol. The number of nitrogens with zero attached hydrogens (tertiary/aromatic N) is 2. The second kappa shape index (κ2) is 4.48. The normalized spacial score (nSPS) is 15.6. The Hall–Kier alpha value is -1.63. The van der Waals surface area contributed by atoms with Gasteiger partial charge in [-0.25, -0.2) is 4.79 Å². The van der Waals surface area contributed by atoms with E-state index in [0.29, 0.717) is 19.6 Å². The molecule has 86 valence electrons. The van der Waals surface area contributed by atoms with Gasteiger partial charge in [0.25, 0.3) is 0 Å². The molecule has 16 heavy (non-hydrogen) atoms. The van der Waals surface area contributed by atoms with Crippen molar-refractivity contribution in [2.45, 2.75) is 6.54 Å². The molecule has 2 N–H and O–H groups in total. The third kappa shape index (κ3) is 2.30. The molecule has 1 aliphatic heterocycles. The summed E-state index contributed by atoms with van der Waals surface area (Å²) in [5.41, 5.74) is 1.70. The van der Waals surface area contributed by atoms with E-state index in [1.54, 1.807) is 11.7 Å². The summed E-state index contributed by atoms with van der Waals surface area (Å²) < 4.78 is 0. The topological polar surface area (TPSA) is 82.5 Å². The summed E-state index contributed by atoms with van der Waals surface area (Å²) in [4.78, 5) is 28.4. The number of thiazole rings is 1. The van der Waals surface area contributed by atoms with E-state index in [1.165, 1.54) is 16.2 Å². The number of aromatic nitrogens is 1. The highest BCUT2D eigenvalue weighted by Crippen LogP contribution is 2.15. The maximum absolute atomic E-state index is 11.5. The van der Waals surface area contributed by atoms with Crippen LogP contribution in [-0.4, -0.2) is 40.1 Å². The van der Waals surface area contributed by atoms with E-state index in [4.69, 9.17) is 5.11 Å². The zero-order valence-corrected chi connectivity index (χ0v) is 9.24. The maximum Gasteiger partial charge on any atom is 0.317 e. The molecule has 1 aromatic rings. The van der Waals surface area contributed by atoms with Crippen molar-refractivity contribution in [2.24, 2.45) is 5.92 Å². The number of hydrogen-bond acceptors (Lipinski definition) is 4. The SMILES string of the molecule is O=C(O)C1CN(C(=O)NCc2cncs2)C1. The summed E-state index contributed by atoms with van der Waals surface area (Å²) in [6, 6.07) is -0.217. The van der Waals surface area contributed by atoms with Crippen molar-refractivity contribution in [3.05, 3.63) is 16.6 Å². The fourth-order valence-electron chi connectivity index (χ4n) is 1.40. The molecule has 1 saturated heterocycles. The van der Waals surface area contributed by atoms with E-state index in [-0.39, 0.29) is 6.03 Å². The third-order valence-corrected chi connectivity index (χ3v) is 3.19. The smallest absolute Gasteiger partial charge is 0.317 e. The highest BCUT2D eigenvalue weighted by atomic mass is 32.1. The number of aliphatic carboxylic acids is 1. The zero-order chi connectivity index (χ0) is 11.5. The number of carbonyl (C=O) groups is 2. The first kappa shape index (κ1) is 10.9. The van der Waals surface area contributed by atoms with Gasteiger partial charge in [0.1, 0.15) is 0 Å². The Morgan fingerprint density at radius 1 is 1.62 bits per heavy atom. The van der Waals surface area contributed by atoms with Crippen LogP contribution in [0.2, 0.25) is 0 Å². The minimum atomic E-state index is -0.841. The van der Waals surface area contributed by atoms with Crippen LogP contribution < -0.4 is 5.32 Å². The number of nitrogens with one attached hydrogen (secondary N) is 1. The summed E-state index contributed by atoms with van der Waals surface area (Å²) in [5.74, 6) is -1.25. The number of carboxylic acids is 1. The second-order valence-corrected chi connectivity index (χ2v) is 4.54. The van der Waals surface area contributed by atoms with Crippen molar-refractivity contribution >= 4 is 23.3 Å². The van der Waals surface area contributed by atoms with Crippen molar-refractivity contribution in [3.8, 4) is 0 Å². The number of carbonyl (C=O) groups excluding carboxylic acids is 1. The molecule has 1 fully saturated rings. The summed E-state index contributed by atoms with van der Waals surface area (Å²) in [6.07, 6.45) is 1.70. The van der Waals surface area contributed by atoms with Crippen LogP contribution in [0.5, 0.6) is 0 Å². The maximum atomic E-state index is 11.5. The monoisotopic (exact) mass is 241 g/mol. The Kier molecular flexibility index (Phi) is 3.04. The summed E-state index contributed by atoms with van der Waals surface area (Å²) in [6.45, 7) is 1.03. The number of rotatable bonds is 3. The Bertz CT molecular complexity index is 387. The van der Waals surface area contributed by atoms with E-state index >= 15 is 0 Å². The van der Waals surface area contributed by atoms with Crippen molar-refractivity contribution in [1.29, 1.82) is 0 Å². The van der Waals surface area contributed by atoms with E-state index in [1.807, 2.05) is 0 Å². The summed E-state index contributed by atoms with van der Waals surface area (Å²) in [5, 5.41) is 11.4. The van der Waals surface area contributed by atoms with Gasteiger partial charge in [0.2, 0.25) is 0 Å². The highest BCUT2D eigenvalue weighted by molar-refractivity contribution is 7.09. The fraction of sp³-hybridized carbons (Fsp3) is 0.444. The van der Waals surface area contributed by atoms with Crippen LogP contribution in [0.3, 0.4) is 0 Å². The van der Waals surface area contributed by atoms with Crippen molar-refractivity contribution < 1.29 is 14.7 Å². The molecule has 1 aliphatic rings. The standard InChI is InChI=1S/C9H11N3O3S/c13-8(14)6-3-12(4-6)9(15)11-2-7-1-10-5-16-7/h1,5-6H,2-4H2,(H,11,15)(H,13,14). The number of hydrogen-bond donors (Lipinski definition) is 2. The predicted molar refractivity (Wildman–Crippen MR) is 57.0 cm³/mol. The van der Waals surface area contributed by atoms with Crippen LogP contribution in [0.4, 0.5) is 4.79 Å². The summed E-state index contributed by atoms with van der Waals surface area (Å²) >= 11 is 1.47. The number of carboxylic acid groups (broad SMARTS) is 1. The Labute approximate surface area is 95.9 Å². The van der Waals surface area contributed by atoms with Crippen LogP contribution in [-0.2, 0) is 11.3 Å². The first-order valence-electron chi connectivity index (χ1n) is 4.80. The summed E-state index contributed by atoms with van der Waals surface area (Å²) in [7, 11) is 0. The van der Waals surface area contributed by atoms with Crippen LogP contribution in [0.1, 0.15) is 4.88 Å². The second-order valence-electron chi connectivity index (χ2n) is 3.57. The lowest BCUT2D eigenvalue weighted by Crippen LogP contribution is -2.55. The average Bonchev–Trinajstić information content (AvgIpc) is 2.63. The molecule has 0 saturated carbocycles. The van der Waals surface area contributed by atoms with E-state index < -0.39 is 11.9 Å². The molecule has 1 aromatic heterocycles. The minimum absolute atomic E-state index is 0.217. The molecule has 0 aromatic carbocycles. The molecule has 2 rings (SSSR count). The third-order valence-electron chi connectivity index (χ3n) is 2.42. The molecular formula is C9H11N3O3S. The van der Waals surface area contributed by atoms with E-state index in [0.717, 1.165) is 4.88 Å². The number of urea groups is 1. The lowest BCUT2D eigenvalue weighted by atomic mass is 10.0. The molecule has 7 heteroatoms. The number of amides is 2. The highest BCUT2D eigenvalue weighted by Gasteiger charge is 2.35. The van der Waals surface area contributed by atoms with Crippen LogP contribution in [0, 0.1) is 5.92 Å². The van der Waals surface area contributed by atoms with Gasteiger partial charge in [-0.3, -0.25) is 9.78 Å². The Morgan fingerprint density at radius 2 is 2.38 bits per heavy atom. The first-order chi connectivity index (χ1) is 7.66. The minimum Gasteiger partial charge on any atom is -0.481 e. The van der Waals surface area contributed by atoms with E-state index in [2.05, 4.69) is 10.3 Å². The van der Waals surface area contributed by atoms with Crippen molar-refractivity contribution in [3.63, 3.8) is 0 Å². The predicted octanol–water partition coefficient (Wildman–Crippen LogP) is 0.369. The largest absolute Gasteiger partial charge is 0.481 e. The van der Waals surface area contributed by atoms with Crippen LogP contribution >= 0.6 is 11.3 Å². The van der Waals surface area contributed by atoms with Gasteiger partial charge in [0.15, 0.2) is 0 Å². The Balaban J connectivity index is 1.72. The molecule has 6 nitrogen and oxygen atoms in total. The lowest BCUT2D eigenvalue weighted by molar-refractivity contribution is -0.146. The van der Waals surface area contributed by atoms with Gasteiger partial charge in [-0.1, -0.05) is 0 Å². The van der Waals surface area contributed by atoms with Gasteiger partial charge < -0.3 is 15.3 Å². The van der Waals surface area contributed by atoms with Gasteiger partial charge in [-0.2, -0.15) is 0 Å². The van der Waals surface area contributed by atoms with Gasteiger partial charge in [-0.05, 0) is 0 Å². The van der Waals surface area contributed by atoms with Gasteiger partial charge in [0, 0.05) is 24.2 Å². The fourth-order valence-corrected chi connectivity index (χ4v) is 1.94. The average molecular weight is 241 g/mol. The molecule has 0 atom stereocenters. The zero-order valence-electron chi connectivity index (χ0n) is 8.42. The van der Waals surface area contributed by atoms with Gasteiger partial charge in [-0.15, -0.1) is 11.3 Å². The Morgan fingerprint density at radius 3 is 2.94 bits per heavy atom. The van der Waals surface area contributed by atoms with Crippen molar-refractivity contribution in [1.82, 2.24) is 15.2 Å². The number of likely N-dealkylation sites (tertiary alicyclic amines) is 1. The van der Waals surface area contributed by atoms with Gasteiger partial charge in [0.05, 0.1) is 18.0 Å². The van der Waals surface area contributed by atoms with Crippen molar-refractivity contribution in [2.75, 3.05) is 13.1 Å². The van der Waals surface area contributed by atoms with E-state index in [9.17, 15) is 9.59 Å². The quantitative estimate of drug-likeness (QED) is 0.801. The van der Waals surface area contributed by atoms with Crippen LogP contribution in [0.25, 0.3) is 0 Å². The van der Waals surface area contributed by atoms with Crippen LogP contribution in [0.15, 0.2) is 11.7 Å². The van der Waals surface area contributed by atoms with Gasteiger partial charge >= 0.3 is 12.0 Å². The molecule has 0 radical (unpaired) electrons. The molecule has 2 heterocycles. The molecule has 2 amide bonds. The lowest BCUT2D eigenvalue weighted by Gasteiger charge is -2.36. The molecule has 0 aliphatic carbocycles. The molecule has 0 bridgehead atoms. The first-order valence-corrected chi connectivity index (χ1v) is 5.67. The molecule has 0 spiro atoms.